The van der Waals surface area contributed by atoms with Gasteiger partial charge in [0.15, 0.2) is 0 Å². The molecule has 2 fully saturated rings. The van der Waals surface area contributed by atoms with Crippen LogP contribution < -0.4 is 0 Å². The van der Waals surface area contributed by atoms with Crippen molar-refractivity contribution in [3.63, 3.8) is 0 Å². The molecule has 0 aromatic heterocycles. The zero-order valence-electron chi connectivity index (χ0n) is 12.1. The Labute approximate surface area is 120 Å². The van der Waals surface area contributed by atoms with Crippen LogP contribution in [0.5, 0.6) is 0 Å². The Morgan fingerprint density at radius 1 is 1.00 bits per heavy atom. The number of carbonyl (C=O) groups excluding carboxylic acids is 2. The molecule has 1 amide bonds. The number of carbonyl (C=O) groups is 2. The second-order valence-corrected chi connectivity index (χ2v) is 5.61. The molecule has 2 rings (SSSR count). The standard InChI is InChI=1S/C14H25N3O3/c18-11-10-15-4-1-5-16(9-8-15)12-14(20)17-6-2-13(19)3-7-17/h18H,1-12H2. The molecule has 20 heavy (non-hydrogen) atoms. The van der Waals surface area contributed by atoms with Gasteiger partial charge in [0, 0.05) is 45.6 Å². The van der Waals surface area contributed by atoms with E-state index in [9.17, 15) is 9.59 Å². The second-order valence-electron chi connectivity index (χ2n) is 5.61. The van der Waals surface area contributed by atoms with Crippen molar-refractivity contribution < 1.29 is 14.7 Å². The number of aliphatic hydroxyl groups is 1. The van der Waals surface area contributed by atoms with Crippen LogP contribution >= 0.6 is 0 Å². The minimum atomic E-state index is 0.146. The van der Waals surface area contributed by atoms with Crippen LogP contribution in [0.25, 0.3) is 0 Å². The van der Waals surface area contributed by atoms with Gasteiger partial charge in [-0.15, -0.1) is 0 Å². The Morgan fingerprint density at radius 3 is 2.35 bits per heavy atom. The van der Waals surface area contributed by atoms with E-state index in [0.29, 0.717) is 32.5 Å². The van der Waals surface area contributed by atoms with Crippen molar-refractivity contribution in [2.75, 3.05) is 59.0 Å². The molecular formula is C14H25N3O3. The van der Waals surface area contributed by atoms with Crippen molar-refractivity contribution in [2.24, 2.45) is 0 Å². The number of hydrogen-bond acceptors (Lipinski definition) is 5. The van der Waals surface area contributed by atoms with Gasteiger partial charge in [-0.1, -0.05) is 0 Å². The van der Waals surface area contributed by atoms with Gasteiger partial charge in [0.1, 0.15) is 5.78 Å². The summed E-state index contributed by atoms with van der Waals surface area (Å²) < 4.78 is 0. The molecule has 2 aliphatic heterocycles. The fourth-order valence-corrected chi connectivity index (χ4v) is 2.84. The number of hydrogen-bond donors (Lipinski definition) is 1. The molecular weight excluding hydrogens is 258 g/mol. The number of rotatable bonds is 4. The summed E-state index contributed by atoms with van der Waals surface area (Å²) in [7, 11) is 0. The molecule has 0 spiro atoms. The summed E-state index contributed by atoms with van der Waals surface area (Å²) in [5, 5.41) is 8.97. The molecule has 6 nitrogen and oxygen atoms in total. The highest BCUT2D eigenvalue weighted by atomic mass is 16.3. The molecule has 0 saturated carbocycles. The first-order chi connectivity index (χ1) is 9.69. The van der Waals surface area contributed by atoms with E-state index in [1.54, 1.807) is 0 Å². The predicted molar refractivity (Wildman–Crippen MR) is 75.4 cm³/mol. The molecule has 0 radical (unpaired) electrons. The van der Waals surface area contributed by atoms with E-state index < -0.39 is 0 Å². The molecule has 0 atom stereocenters. The Kier molecular flexibility index (Phi) is 5.94. The first kappa shape index (κ1) is 15.4. The van der Waals surface area contributed by atoms with E-state index in [4.69, 9.17) is 5.11 Å². The highest BCUT2D eigenvalue weighted by Crippen LogP contribution is 2.08. The van der Waals surface area contributed by atoms with E-state index in [1.807, 2.05) is 4.90 Å². The van der Waals surface area contributed by atoms with E-state index in [2.05, 4.69) is 9.80 Å². The van der Waals surface area contributed by atoms with Gasteiger partial charge in [-0.3, -0.25) is 19.4 Å². The van der Waals surface area contributed by atoms with Gasteiger partial charge in [0.2, 0.25) is 5.91 Å². The van der Waals surface area contributed by atoms with Crippen molar-refractivity contribution in [1.82, 2.24) is 14.7 Å². The number of amides is 1. The van der Waals surface area contributed by atoms with Crippen LogP contribution in [0.2, 0.25) is 0 Å². The summed E-state index contributed by atoms with van der Waals surface area (Å²) in [6.07, 6.45) is 2.05. The third kappa shape index (κ3) is 4.54. The van der Waals surface area contributed by atoms with Crippen LogP contribution in [0.15, 0.2) is 0 Å². The summed E-state index contributed by atoms with van der Waals surface area (Å²) in [6.45, 7) is 6.25. The maximum absolute atomic E-state index is 12.2. The molecule has 0 aromatic carbocycles. The number of likely N-dealkylation sites (tertiary alicyclic amines) is 1. The molecule has 1 N–H and O–H groups in total. The molecule has 0 unspecified atom stereocenters. The van der Waals surface area contributed by atoms with Gasteiger partial charge in [-0.05, 0) is 19.5 Å². The molecule has 2 saturated heterocycles. The first-order valence-electron chi connectivity index (χ1n) is 7.54. The van der Waals surface area contributed by atoms with Gasteiger partial charge in [-0.25, -0.2) is 0 Å². The number of nitrogens with zero attached hydrogens (tertiary/aromatic N) is 3. The quantitative estimate of drug-likeness (QED) is 0.730. The van der Waals surface area contributed by atoms with Crippen LogP contribution in [0, 0.1) is 0 Å². The Morgan fingerprint density at radius 2 is 1.65 bits per heavy atom. The van der Waals surface area contributed by atoms with Crippen LogP contribution in [-0.2, 0) is 9.59 Å². The topological polar surface area (TPSA) is 64.1 Å². The van der Waals surface area contributed by atoms with Gasteiger partial charge in [0.05, 0.1) is 13.2 Å². The van der Waals surface area contributed by atoms with Gasteiger partial charge >= 0.3 is 0 Å². The summed E-state index contributed by atoms with van der Waals surface area (Å²) in [5.41, 5.74) is 0. The zero-order valence-corrected chi connectivity index (χ0v) is 12.1. The van der Waals surface area contributed by atoms with Crippen molar-refractivity contribution in [3.8, 4) is 0 Å². The molecule has 114 valence electrons. The number of Topliss-reactive ketones (excluding diaryl/α,β-unsaturated/α-hetero) is 1. The van der Waals surface area contributed by atoms with Gasteiger partial charge < -0.3 is 10.0 Å². The molecule has 2 aliphatic rings. The van der Waals surface area contributed by atoms with Crippen molar-refractivity contribution in [3.05, 3.63) is 0 Å². The largest absolute Gasteiger partial charge is 0.395 e. The van der Waals surface area contributed by atoms with Gasteiger partial charge in [-0.2, -0.15) is 0 Å². The third-order valence-electron chi connectivity index (χ3n) is 4.13. The van der Waals surface area contributed by atoms with Crippen molar-refractivity contribution >= 4 is 11.7 Å². The lowest BCUT2D eigenvalue weighted by Crippen LogP contribution is -2.45. The number of ketones is 1. The van der Waals surface area contributed by atoms with Crippen molar-refractivity contribution in [2.45, 2.75) is 19.3 Å². The summed E-state index contributed by atoms with van der Waals surface area (Å²) in [4.78, 5) is 29.6. The second kappa shape index (κ2) is 7.71. The lowest BCUT2D eigenvalue weighted by atomic mass is 10.1. The maximum atomic E-state index is 12.2. The van der Waals surface area contributed by atoms with Crippen LogP contribution in [0.1, 0.15) is 19.3 Å². The Bertz CT molecular complexity index is 339. The van der Waals surface area contributed by atoms with Crippen LogP contribution in [0.4, 0.5) is 0 Å². The maximum Gasteiger partial charge on any atom is 0.236 e. The normalized spacial score (nSPS) is 22.9. The SMILES string of the molecule is O=C1CCN(C(=O)CN2CCCN(CCO)CC2)CC1. The number of β-amino-alcohol motifs (C(OH)–C–C–N with tert-alkyl or cyclic N) is 1. The zero-order chi connectivity index (χ0) is 14.4. The first-order valence-corrected chi connectivity index (χ1v) is 7.54. The highest BCUT2D eigenvalue weighted by molar-refractivity contribution is 5.84. The molecule has 0 bridgehead atoms. The molecule has 6 heteroatoms. The monoisotopic (exact) mass is 283 g/mol. The minimum Gasteiger partial charge on any atom is -0.395 e. The average Bonchev–Trinajstić information content (AvgIpc) is 2.66. The lowest BCUT2D eigenvalue weighted by molar-refractivity contribution is -0.135. The summed E-state index contributed by atoms with van der Waals surface area (Å²) >= 11 is 0. The third-order valence-corrected chi connectivity index (χ3v) is 4.13. The van der Waals surface area contributed by atoms with Gasteiger partial charge in [0.25, 0.3) is 0 Å². The Balaban J connectivity index is 1.75. The molecule has 0 aromatic rings. The van der Waals surface area contributed by atoms with Crippen molar-refractivity contribution in [1.29, 1.82) is 0 Å². The highest BCUT2D eigenvalue weighted by Gasteiger charge is 2.23. The predicted octanol–water partition coefficient (Wildman–Crippen LogP) is -0.822. The lowest BCUT2D eigenvalue weighted by Gasteiger charge is -2.29. The summed E-state index contributed by atoms with van der Waals surface area (Å²) in [6, 6.07) is 0. The number of piperidine rings is 1. The fourth-order valence-electron chi connectivity index (χ4n) is 2.84. The average molecular weight is 283 g/mol. The smallest absolute Gasteiger partial charge is 0.236 e. The van der Waals surface area contributed by atoms with Crippen LogP contribution in [-0.4, -0.2) is 90.5 Å². The number of aliphatic hydroxyl groups excluding tert-OH is 1. The Hall–Kier alpha value is -0.980. The summed E-state index contributed by atoms with van der Waals surface area (Å²) in [5.74, 6) is 0.413. The minimum absolute atomic E-state index is 0.146. The molecule has 2 heterocycles. The van der Waals surface area contributed by atoms with E-state index in [0.717, 1.165) is 39.1 Å². The van der Waals surface area contributed by atoms with Crippen LogP contribution in [0.3, 0.4) is 0 Å². The molecule has 0 aliphatic carbocycles. The fraction of sp³-hybridized carbons (Fsp3) is 0.857. The van der Waals surface area contributed by atoms with E-state index >= 15 is 0 Å². The van der Waals surface area contributed by atoms with E-state index in [1.165, 1.54) is 0 Å². The van der Waals surface area contributed by atoms with E-state index in [-0.39, 0.29) is 18.3 Å².